The molecule has 1 heterocycles. The van der Waals surface area contributed by atoms with Crippen molar-refractivity contribution in [3.8, 4) is 17.2 Å². The van der Waals surface area contributed by atoms with Crippen molar-refractivity contribution in [2.24, 2.45) is 0 Å². The quantitative estimate of drug-likeness (QED) is 0.761. The maximum absolute atomic E-state index is 5.37. The minimum absolute atomic E-state index is 0.595. The Morgan fingerprint density at radius 2 is 1.52 bits per heavy atom. The van der Waals surface area contributed by atoms with E-state index in [1.807, 2.05) is 36.4 Å². The molecule has 4 nitrogen and oxygen atoms in total. The summed E-state index contributed by atoms with van der Waals surface area (Å²) in [5.74, 6) is 1.88. The van der Waals surface area contributed by atoms with Crippen molar-refractivity contribution < 1.29 is 14.2 Å². The van der Waals surface area contributed by atoms with Crippen molar-refractivity contribution >= 4 is 23.1 Å². The number of H-pyrrole nitrogens is 1. The monoisotopic (exact) mass is 309 g/mol. The van der Waals surface area contributed by atoms with Crippen molar-refractivity contribution in [3.05, 3.63) is 53.7 Å². The highest BCUT2D eigenvalue weighted by Crippen LogP contribution is 2.38. The maximum atomic E-state index is 5.37. The van der Waals surface area contributed by atoms with E-state index in [0.717, 1.165) is 16.8 Å². The molecule has 0 aliphatic heterocycles. The lowest BCUT2D eigenvalue weighted by Gasteiger charge is -2.12. The number of hydrogen-bond acceptors (Lipinski definition) is 3. The highest BCUT2D eigenvalue weighted by molar-refractivity contribution is 5.84. The van der Waals surface area contributed by atoms with Crippen LogP contribution in [0.1, 0.15) is 11.3 Å². The number of aromatic nitrogens is 1. The summed E-state index contributed by atoms with van der Waals surface area (Å²) in [5.41, 5.74) is 3.13. The molecule has 3 rings (SSSR count). The average Bonchev–Trinajstić information content (AvgIpc) is 3.01. The molecule has 4 heteroatoms. The fourth-order valence-corrected chi connectivity index (χ4v) is 2.57. The molecule has 1 N–H and O–H groups in total. The molecule has 0 atom stereocenters. The molecule has 2 aromatic carbocycles. The van der Waals surface area contributed by atoms with Gasteiger partial charge in [0.05, 0.1) is 21.3 Å². The van der Waals surface area contributed by atoms with Crippen LogP contribution >= 0.6 is 0 Å². The lowest BCUT2D eigenvalue weighted by atomic mass is 10.1. The van der Waals surface area contributed by atoms with E-state index in [0.29, 0.717) is 17.2 Å². The molecule has 0 bridgehead atoms. The number of nitrogens with one attached hydrogen (secondary N) is 1. The summed E-state index contributed by atoms with van der Waals surface area (Å²) in [6, 6.07) is 14.1. The van der Waals surface area contributed by atoms with Crippen LogP contribution in [0.2, 0.25) is 0 Å². The predicted octanol–water partition coefficient (Wildman–Crippen LogP) is 4.36. The first-order chi connectivity index (χ1) is 11.2. The fraction of sp³-hybridized carbons (Fsp3) is 0.158. The third kappa shape index (κ3) is 3.01. The number of benzene rings is 2. The average molecular weight is 309 g/mol. The molecule has 3 aromatic rings. The molecule has 0 saturated carbocycles. The van der Waals surface area contributed by atoms with Crippen LogP contribution < -0.4 is 14.2 Å². The lowest BCUT2D eigenvalue weighted by molar-refractivity contribution is 0.324. The van der Waals surface area contributed by atoms with Crippen molar-refractivity contribution in [2.45, 2.75) is 0 Å². The van der Waals surface area contributed by atoms with Crippen LogP contribution in [0.15, 0.2) is 42.5 Å². The van der Waals surface area contributed by atoms with Gasteiger partial charge >= 0.3 is 0 Å². The molecule has 0 fully saturated rings. The molecular weight excluding hydrogens is 290 g/mol. The highest BCUT2D eigenvalue weighted by atomic mass is 16.5. The van der Waals surface area contributed by atoms with E-state index >= 15 is 0 Å². The van der Waals surface area contributed by atoms with Crippen LogP contribution in [-0.4, -0.2) is 26.3 Å². The maximum Gasteiger partial charge on any atom is 0.203 e. The SMILES string of the molecule is COc1cc(/C=C/c2cc3ccccc3[nH]2)cc(OC)c1OC. The molecule has 0 radical (unpaired) electrons. The zero-order valence-corrected chi connectivity index (χ0v) is 13.4. The molecule has 0 aliphatic carbocycles. The van der Waals surface area contributed by atoms with Crippen molar-refractivity contribution in [3.63, 3.8) is 0 Å². The first-order valence-corrected chi connectivity index (χ1v) is 7.31. The number of aromatic amines is 1. The Morgan fingerprint density at radius 3 is 2.13 bits per heavy atom. The third-order valence-electron chi connectivity index (χ3n) is 3.69. The molecule has 0 amide bonds. The van der Waals surface area contributed by atoms with Gasteiger partial charge in [0.25, 0.3) is 0 Å². The second-order valence-corrected chi connectivity index (χ2v) is 5.10. The van der Waals surface area contributed by atoms with E-state index < -0.39 is 0 Å². The Kier molecular flexibility index (Phi) is 4.24. The summed E-state index contributed by atoms with van der Waals surface area (Å²) in [5, 5.41) is 1.19. The second kappa shape index (κ2) is 6.48. The zero-order valence-electron chi connectivity index (χ0n) is 13.4. The summed E-state index contributed by atoms with van der Waals surface area (Å²) in [4.78, 5) is 3.37. The van der Waals surface area contributed by atoms with Gasteiger partial charge in [0.2, 0.25) is 5.75 Å². The van der Waals surface area contributed by atoms with Crippen molar-refractivity contribution in [2.75, 3.05) is 21.3 Å². The molecule has 0 aliphatic rings. The van der Waals surface area contributed by atoms with E-state index in [9.17, 15) is 0 Å². The van der Waals surface area contributed by atoms with Crippen molar-refractivity contribution in [1.82, 2.24) is 4.98 Å². The minimum Gasteiger partial charge on any atom is -0.493 e. The summed E-state index contributed by atoms with van der Waals surface area (Å²) in [7, 11) is 4.82. The number of ether oxygens (including phenoxy) is 3. The molecule has 0 unspecified atom stereocenters. The van der Waals surface area contributed by atoms with Gasteiger partial charge < -0.3 is 19.2 Å². The zero-order chi connectivity index (χ0) is 16.2. The van der Waals surface area contributed by atoms with Crippen LogP contribution in [0.4, 0.5) is 0 Å². The Balaban J connectivity index is 1.95. The number of para-hydroxylation sites is 1. The number of methoxy groups -OCH3 is 3. The van der Waals surface area contributed by atoms with Crippen LogP contribution in [-0.2, 0) is 0 Å². The molecule has 23 heavy (non-hydrogen) atoms. The Labute approximate surface area is 135 Å². The van der Waals surface area contributed by atoms with Crippen LogP contribution in [0.25, 0.3) is 23.1 Å². The van der Waals surface area contributed by atoms with Crippen LogP contribution in [0.3, 0.4) is 0 Å². The van der Waals surface area contributed by atoms with Crippen molar-refractivity contribution in [1.29, 1.82) is 0 Å². The van der Waals surface area contributed by atoms with E-state index in [1.54, 1.807) is 21.3 Å². The highest BCUT2D eigenvalue weighted by Gasteiger charge is 2.11. The van der Waals surface area contributed by atoms with Gasteiger partial charge in [-0.3, -0.25) is 0 Å². The van der Waals surface area contributed by atoms with Crippen LogP contribution in [0.5, 0.6) is 17.2 Å². The summed E-state index contributed by atoms with van der Waals surface area (Å²) in [6.07, 6.45) is 4.04. The first kappa shape index (κ1) is 15.0. The molecular formula is C19H19NO3. The molecule has 118 valence electrons. The Morgan fingerprint density at radius 1 is 0.826 bits per heavy atom. The van der Waals surface area contributed by atoms with Gasteiger partial charge in [-0.1, -0.05) is 24.3 Å². The van der Waals surface area contributed by atoms with E-state index in [4.69, 9.17) is 14.2 Å². The summed E-state index contributed by atoms with van der Waals surface area (Å²) in [6.45, 7) is 0. The fourth-order valence-electron chi connectivity index (χ4n) is 2.57. The Bertz CT molecular complexity index is 791. The number of fused-ring (bicyclic) bond motifs is 1. The standard InChI is InChI=1S/C19H19NO3/c1-21-17-10-13(11-18(22-2)19(17)23-3)8-9-15-12-14-6-4-5-7-16(14)20-15/h4-12,20H,1-3H3/b9-8+. The number of hydrogen-bond donors (Lipinski definition) is 1. The van der Waals surface area contributed by atoms with Gasteiger partial charge in [-0.25, -0.2) is 0 Å². The van der Waals surface area contributed by atoms with Gasteiger partial charge in [-0.2, -0.15) is 0 Å². The van der Waals surface area contributed by atoms with E-state index in [2.05, 4.69) is 23.2 Å². The third-order valence-corrected chi connectivity index (χ3v) is 3.69. The van der Waals surface area contributed by atoms with Crippen LogP contribution in [0, 0.1) is 0 Å². The Hall–Kier alpha value is -2.88. The minimum atomic E-state index is 0.595. The summed E-state index contributed by atoms with van der Waals surface area (Å²) >= 11 is 0. The van der Waals surface area contributed by atoms with E-state index in [-0.39, 0.29) is 0 Å². The topological polar surface area (TPSA) is 43.5 Å². The molecule has 1 aromatic heterocycles. The second-order valence-electron chi connectivity index (χ2n) is 5.10. The normalized spacial score (nSPS) is 11.1. The van der Waals surface area contributed by atoms with E-state index in [1.165, 1.54) is 5.39 Å². The lowest BCUT2D eigenvalue weighted by Crippen LogP contribution is -1.95. The largest absolute Gasteiger partial charge is 0.493 e. The van der Waals surface area contributed by atoms with Gasteiger partial charge in [-0.05, 0) is 41.3 Å². The number of rotatable bonds is 5. The predicted molar refractivity (Wildman–Crippen MR) is 93.3 cm³/mol. The van der Waals surface area contributed by atoms with Gasteiger partial charge in [-0.15, -0.1) is 0 Å². The smallest absolute Gasteiger partial charge is 0.203 e. The molecule has 0 saturated heterocycles. The van der Waals surface area contributed by atoms with Gasteiger partial charge in [0.15, 0.2) is 11.5 Å². The van der Waals surface area contributed by atoms with Gasteiger partial charge in [0, 0.05) is 11.2 Å². The van der Waals surface area contributed by atoms with Gasteiger partial charge in [0.1, 0.15) is 0 Å². The first-order valence-electron chi connectivity index (χ1n) is 7.31. The summed E-state index contributed by atoms with van der Waals surface area (Å²) < 4.78 is 16.1. The molecule has 0 spiro atoms.